The van der Waals surface area contributed by atoms with Crippen LogP contribution in [0.5, 0.6) is 0 Å². The third-order valence-corrected chi connectivity index (χ3v) is 3.21. The number of halogens is 3. The van der Waals surface area contributed by atoms with Gasteiger partial charge in [-0.05, 0) is 43.3 Å². The topological polar surface area (TPSA) is 55.1 Å². The first kappa shape index (κ1) is 15.1. The average Bonchev–Trinajstić information content (AvgIpc) is 2.90. The standard InChI is InChI=1S/C16H11F3N2O2/c1-9-2-7-13-12(20-9)8-14(23-13)15(22)21-11-5-3-10(4-6-11)16(17,18)19/h2-8H,1H3,(H,21,22). The van der Waals surface area contributed by atoms with Crippen LogP contribution < -0.4 is 5.32 Å². The van der Waals surface area contributed by atoms with Crippen molar-refractivity contribution in [2.45, 2.75) is 13.1 Å². The van der Waals surface area contributed by atoms with Crippen molar-refractivity contribution in [3.63, 3.8) is 0 Å². The summed E-state index contributed by atoms with van der Waals surface area (Å²) in [6.07, 6.45) is -4.41. The van der Waals surface area contributed by atoms with E-state index in [2.05, 4.69) is 10.3 Å². The lowest BCUT2D eigenvalue weighted by Crippen LogP contribution is -2.11. The molecule has 23 heavy (non-hydrogen) atoms. The molecule has 118 valence electrons. The normalized spacial score (nSPS) is 11.7. The van der Waals surface area contributed by atoms with Crippen LogP contribution in [0.1, 0.15) is 21.8 Å². The van der Waals surface area contributed by atoms with Gasteiger partial charge in [0.1, 0.15) is 5.52 Å². The number of nitrogens with one attached hydrogen (secondary N) is 1. The van der Waals surface area contributed by atoms with Gasteiger partial charge in [-0.25, -0.2) is 4.98 Å². The van der Waals surface area contributed by atoms with Crippen LogP contribution in [0.3, 0.4) is 0 Å². The van der Waals surface area contributed by atoms with Crippen molar-refractivity contribution in [1.29, 1.82) is 0 Å². The number of carbonyl (C=O) groups excluding carboxylic acids is 1. The van der Waals surface area contributed by atoms with E-state index >= 15 is 0 Å². The summed E-state index contributed by atoms with van der Waals surface area (Å²) in [6.45, 7) is 1.81. The molecular formula is C16H11F3N2O2. The highest BCUT2D eigenvalue weighted by atomic mass is 19.4. The number of aromatic nitrogens is 1. The van der Waals surface area contributed by atoms with Gasteiger partial charge < -0.3 is 9.73 Å². The van der Waals surface area contributed by atoms with E-state index < -0.39 is 17.6 Å². The van der Waals surface area contributed by atoms with E-state index in [1.807, 2.05) is 6.92 Å². The van der Waals surface area contributed by atoms with E-state index in [0.29, 0.717) is 11.1 Å². The van der Waals surface area contributed by atoms with Crippen molar-refractivity contribution in [1.82, 2.24) is 4.98 Å². The fraction of sp³-hybridized carbons (Fsp3) is 0.125. The molecule has 2 aromatic heterocycles. The summed E-state index contributed by atoms with van der Waals surface area (Å²) in [5, 5.41) is 2.48. The summed E-state index contributed by atoms with van der Waals surface area (Å²) in [5.41, 5.74) is 1.26. The van der Waals surface area contributed by atoms with Gasteiger partial charge >= 0.3 is 6.18 Å². The van der Waals surface area contributed by atoms with Gasteiger partial charge in [0.25, 0.3) is 5.91 Å². The number of fused-ring (bicyclic) bond motifs is 1. The summed E-state index contributed by atoms with van der Waals surface area (Å²) in [4.78, 5) is 16.3. The van der Waals surface area contributed by atoms with Crippen molar-refractivity contribution >= 4 is 22.7 Å². The monoisotopic (exact) mass is 320 g/mol. The number of carbonyl (C=O) groups is 1. The molecule has 0 aliphatic rings. The largest absolute Gasteiger partial charge is 0.449 e. The third-order valence-electron chi connectivity index (χ3n) is 3.21. The van der Waals surface area contributed by atoms with Crippen LogP contribution in [0.25, 0.3) is 11.1 Å². The first-order valence-electron chi connectivity index (χ1n) is 6.69. The Morgan fingerprint density at radius 1 is 1.13 bits per heavy atom. The fourth-order valence-electron chi connectivity index (χ4n) is 2.07. The molecule has 0 fully saturated rings. The number of pyridine rings is 1. The van der Waals surface area contributed by atoms with Gasteiger partial charge in [-0.1, -0.05) is 0 Å². The van der Waals surface area contributed by atoms with Crippen LogP contribution >= 0.6 is 0 Å². The molecule has 0 spiro atoms. The number of anilines is 1. The van der Waals surface area contributed by atoms with Gasteiger partial charge in [0.2, 0.25) is 0 Å². The number of alkyl halides is 3. The Morgan fingerprint density at radius 2 is 1.83 bits per heavy atom. The molecule has 0 aliphatic carbocycles. The van der Waals surface area contributed by atoms with Crippen LogP contribution in [0.2, 0.25) is 0 Å². The number of aryl methyl sites for hydroxylation is 1. The predicted octanol–water partition coefficient (Wildman–Crippen LogP) is 4.41. The minimum atomic E-state index is -4.41. The van der Waals surface area contributed by atoms with Gasteiger partial charge in [0, 0.05) is 17.4 Å². The average molecular weight is 320 g/mol. The number of benzene rings is 1. The van der Waals surface area contributed by atoms with E-state index in [0.717, 1.165) is 17.8 Å². The molecule has 2 heterocycles. The molecule has 3 aromatic rings. The number of amides is 1. The second kappa shape index (κ2) is 5.42. The minimum absolute atomic E-state index is 0.0398. The van der Waals surface area contributed by atoms with Gasteiger partial charge in [0.15, 0.2) is 11.3 Å². The molecule has 0 saturated heterocycles. The number of hydrogen-bond donors (Lipinski definition) is 1. The molecule has 1 N–H and O–H groups in total. The maximum absolute atomic E-state index is 12.5. The third kappa shape index (κ3) is 3.18. The molecule has 1 amide bonds. The van der Waals surface area contributed by atoms with E-state index in [-0.39, 0.29) is 11.4 Å². The second-order valence-electron chi connectivity index (χ2n) is 4.98. The highest BCUT2D eigenvalue weighted by molar-refractivity contribution is 6.04. The van der Waals surface area contributed by atoms with Crippen LogP contribution in [0.4, 0.5) is 18.9 Å². The summed E-state index contributed by atoms with van der Waals surface area (Å²) >= 11 is 0. The van der Waals surface area contributed by atoms with E-state index in [9.17, 15) is 18.0 Å². The molecule has 0 bridgehead atoms. The van der Waals surface area contributed by atoms with Crippen molar-refractivity contribution < 1.29 is 22.4 Å². The van der Waals surface area contributed by atoms with Crippen molar-refractivity contribution in [2.75, 3.05) is 5.32 Å². The van der Waals surface area contributed by atoms with Gasteiger partial charge in [0.05, 0.1) is 5.56 Å². The summed E-state index contributed by atoms with van der Waals surface area (Å²) in [5.74, 6) is -0.515. The minimum Gasteiger partial charge on any atom is -0.449 e. The van der Waals surface area contributed by atoms with Gasteiger partial charge in [-0.3, -0.25) is 4.79 Å². The van der Waals surface area contributed by atoms with E-state index in [1.165, 1.54) is 18.2 Å². The number of rotatable bonds is 2. The molecule has 0 radical (unpaired) electrons. The fourth-order valence-corrected chi connectivity index (χ4v) is 2.07. The Bertz CT molecular complexity index is 867. The number of nitrogens with zero attached hydrogens (tertiary/aromatic N) is 1. The first-order chi connectivity index (χ1) is 10.8. The zero-order valence-corrected chi connectivity index (χ0v) is 11.9. The number of hydrogen-bond acceptors (Lipinski definition) is 3. The van der Waals surface area contributed by atoms with E-state index in [4.69, 9.17) is 4.42 Å². The zero-order valence-electron chi connectivity index (χ0n) is 11.9. The molecule has 0 atom stereocenters. The van der Waals surface area contributed by atoms with Crippen molar-refractivity contribution in [3.8, 4) is 0 Å². The van der Waals surface area contributed by atoms with Gasteiger partial charge in [-0.15, -0.1) is 0 Å². The predicted molar refractivity (Wildman–Crippen MR) is 78.1 cm³/mol. The van der Waals surface area contributed by atoms with Crippen molar-refractivity contribution in [2.24, 2.45) is 0 Å². The van der Waals surface area contributed by atoms with Crippen LogP contribution in [-0.2, 0) is 6.18 Å². The Balaban J connectivity index is 1.80. The molecule has 0 unspecified atom stereocenters. The summed E-state index contributed by atoms with van der Waals surface area (Å²) < 4.78 is 42.8. The molecule has 0 aliphatic heterocycles. The molecule has 0 saturated carbocycles. The Labute approximate surface area is 128 Å². The molecule has 7 heteroatoms. The SMILES string of the molecule is Cc1ccc2oc(C(=O)Nc3ccc(C(F)(F)F)cc3)cc2n1. The molecular weight excluding hydrogens is 309 g/mol. The Kier molecular flexibility index (Phi) is 3.55. The zero-order chi connectivity index (χ0) is 16.6. The molecule has 3 rings (SSSR count). The highest BCUT2D eigenvalue weighted by Gasteiger charge is 2.30. The maximum atomic E-state index is 12.5. The van der Waals surface area contributed by atoms with Crippen molar-refractivity contribution in [3.05, 3.63) is 59.5 Å². The summed E-state index contributed by atoms with van der Waals surface area (Å²) in [7, 11) is 0. The summed E-state index contributed by atoms with van der Waals surface area (Å²) in [6, 6.07) is 9.12. The Morgan fingerprint density at radius 3 is 2.48 bits per heavy atom. The van der Waals surface area contributed by atoms with Crippen LogP contribution in [0, 0.1) is 6.92 Å². The maximum Gasteiger partial charge on any atom is 0.416 e. The first-order valence-corrected chi connectivity index (χ1v) is 6.69. The lowest BCUT2D eigenvalue weighted by Gasteiger charge is -2.08. The van der Waals surface area contributed by atoms with Crippen LogP contribution in [0.15, 0.2) is 46.9 Å². The smallest absolute Gasteiger partial charge is 0.416 e. The molecule has 4 nitrogen and oxygen atoms in total. The second-order valence-corrected chi connectivity index (χ2v) is 4.98. The highest BCUT2D eigenvalue weighted by Crippen LogP contribution is 2.30. The lowest BCUT2D eigenvalue weighted by atomic mass is 10.2. The van der Waals surface area contributed by atoms with Crippen LogP contribution in [-0.4, -0.2) is 10.9 Å². The van der Waals surface area contributed by atoms with E-state index in [1.54, 1.807) is 12.1 Å². The Hall–Kier alpha value is -2.83. The number of furan rings is 1. The quantitative estimate of drug-likeness (QED) is 0.761. The van der Waals surface area contributed by atoms with Gasteiger partial charge in [-0.2, -0.15) is 13.2 Å². The molecule has 1 aromatic carbocycles. The lowest BCUT2D eigenvalue weighted by molar-refractivity contribution is -0.137.